The van der Waals surface area contributed by atoms with E-state index in [1.165, 1.54) is 16.8 Å². The van der Waals surface area contributed by atoms with E-state index in [1.54, 1.807) is 7.11 Å². The highest BCUT2D eigenvalue weighted by molar-refractivity contribution is 6.30. The number of ether oxygens (including phenoxy) is 1. The average Bonchev–Trinajstić information content (AvgIpc) is 2.62. The number of rotatable bonds is 5. The highest BCUT2D eigenvalue weighted by Gasteiger charge is 2.08. The third-order valence-corrected chi connectivity index (χ3v) is 4.50. The Morgan fingerprint density at radius 2 is 1.60 bits per heavy atom. The molecule has 128 valence electrons. The van der Waals surface area contributed by atoms with Gasteiger partial charge in [-0.3, -0.25) is 0 Å². The van der Waals surface area contributed by atoms with E-state index in [0.717, 1.165) is 28.3 Å². The summed E-state index contributed by atoms with van der Waals surface area (Å²) in [6.07, 6.45) is 0.880. The van der Waals surface area contributed by atoms with Crippen molar-refractivity contribution in [2.24, 2.45) is 0 Å². The molecule has 0 unspecified atom stereocenters. The molecule has 0 aliphatic rings. The zero-order chi connectivity index (χ0) is 17.8. The second kappa shape index (κ2) is 7.62. The summed E-state index contributed by atoms with van der Waals surface area (Å²) in [5, 5.41) is 0.726. The lowest BCUT2D eigenvalue weighted by Gasteiger charge is -2.14. The van der Waals surface area contributed by atoms with Crippen LogP contribution in [0.3, 0.4) is 0 Å². The summed E-state index contributed by atoms with van der Waals surface area (Å²) in [7, 11) is 5.80. The van der Waals surface area contributed by atoms with Gasteiger partial charge in [0, 0.05) is 30.4 Å². The highest BCUT2D eigenvalue weighted by atomic mass is 35.5. The van der Waals surface area contributed by atoms with Gasteiger partial charge in [0.2, 0.25) is 0 Å². The van der Waals surface area contributed by atoms with Crippen LogP contribution in [0.4, 0.5) is 5.69 Å². The van der Waals surface area contributed by atoms with Crippen molar-refractivity contribution in [1.29, 1.82) is 0 Å². The minimum absolute atomic E-state index is 0.726. The Bertz CT molecular complexity index is 856. The molecule has 0 heterocycles. The number of methoxy groups -OCH3 is 1. The van der Waals surface area contributed by atoms with Crippen LogP contribution in [-0.2, 0) is 6.42 Å². The summed E-state index contributed by atoms with van der Waals surface area (Å²) in [5.74, 6) is 0.856. The summed E-state index contributed by atoms with van der Waals surface area (Å²) in [5.41, 5.74) is 5.86. The van der Waals surface area contributed by atoms with E-state index < -0.39 is 0 Å². The molecule has 3 aromatic rings. The van der Waals surface area contributed by atoms with Crippen molar-refractivity contribution < 1.29 is 4.74 Å². The smallest absolute Gasteiger partial charge is 0.126 e. The molecule has 0 bridgehead atoms. The van der Waals surface area contributed by atoms with Crippen LogP contribution >= 0.6 is 11.6 Å². The minimum atomic E-state index is 0.726. The molecule has 0 radical (unpaired) electrons. The average molecular weight is 352 g/mol. The Morgan fingerprint density at radius 3 is 2.24 bits per heavy atom. The largest absolute Gasteiger partial charge is 0.496 e. The molecule has 0 saturated heterocycles. The Kier molecular flexibility index (Phi) is 5.30. The first kappa shape index (κ1) is 17.4. The third-order valence-electron chi connectivity index (χ3n) is 4.26. The normalized spacial score (nSPS) is 10.6. The van der Waals surface area contributed by atoms with Crippen LogP contribution in [-0.4, -0.2) is 21.2 Å². The molecular weight excluding hydrogens is 330 g/mol. The van der Waals surface area contributed by atoms with Gasteiger partial charge in [-0.25, -0.2) is 0 Å². The van der Waals surface area contributed by atoms with Gasteiger partial charge < -0.3 is 9.64 Å². The fourth-order valence-corrected chi connectivity index (χ4v) is 3.08. The lowest BCUT2D eigenvalue weighted by molar-refractivity contribution is 0.416. The quantitative estimate of drug-likeness (QED) is 0.587. The summed E-state index contributed by atoms with van der Waals surface area (Å²) in [6, 6.07) is 22.9. The summed E-state index contributed by atoms with van der Waals surface area (Å²) in [4.78, 5) is 2.11. The van der Waals surface area contributed by atoms with Gasteiger partial charge in [-0.1, -0.05) is 41.9 Å². The molecule has 0 atom stereocenters. The lowest BCUT2D eigenvalue weighted by Crippen LogP contribution is -2.08. The Morgan fingerprint density at radius 1 is 0.880 bits per heavy atom. The second-order valence-corrected chi connectivity index (χ2v) is 6.72. The molecule has 0 aromatic heterocycles. The molecular formula is C22H22ClNO. The monoisotopic (exact) mass is 351 g/mol. The number of halogens is 1. The van der Waals surface area contributed by atoms with Crippen molar-refractivity contribution in [3.63, 3.8) is 0 Å². The maximum atomic E-state index is 6.16. The third kappa shape index (κ3) is 4.15. The van der Waals surface area contributed by atoms with Crippen LogP contribution < -0.4 is 9.64 Å². The predicted octanol–water partition coefficient (Wildman–Crippen LogP) is 5.67. The van der Waals surface area contributed by atoms with Gasteiger partial charge in [0.05, 0.1) is 7.11 Å². The maximum absolute atomic E-state index is 6.16. The predicted molar refractivity (Wildman–Crippen MR) is 107 cm³/mol. The number of hydrogen-bond acceptors (Lipinski definition) is 2. The van der Waals surface area contributed by atoms with E-state index in [-0.39, 0.29) is 0 Å². The van der Waals surface area contributed by atoms with Crippen molar-refractivity contribution in [3.8, 4) is 16.9 Å². The van der Waals surface area contributed by atoms with Crippen LogP contribution in [0.25, 0.3) is 11.1 Å². The lowest BCUT2D eigenvalue weighted by atomic mass is 9.98. The molecule has 0 spiro atoms. The molecule has 3 rings (SSSR count). The van der Waals surface area contributed by atoms with Gasteiger partial charge in [0.25, 0.3) is 0 Å². The van der Waals surface area contributed by atoms with Crippen molar-refractivity contribution in [3.05, 3.63) is 82.9 Å². The first-order valence-corrected chi connectivity index (χ1v) is 8.64. The summed E-state index contributed by atoms with van der Waals surface area (Å²) < 4.78 is 5.54. The van der Waals surface area contributed by atoms with E-state index >= 15 is 0 Å². The maximum Gasteiger partial charge on any atom is 0.126 e. The van der Waals surface area contributed by atoms with Crippen molar-refractivity contribution in [2.75, 3.05) is 26.1 Å². The van der Waals surface area contributed by atoms with Crippen LogP contribution in [0.15, 0.2) is 66.7 Å². The number of benzene rings is 3. The second-order valence-electron chi connectivity index (χ2n) is 6.28. The molecule has 0 fully saturated rings. The molecule has 0 N–H and O–H groups in total. The minimum Gasteiger partial charge on any atom is -0.496 e. The summed E-state index contributed by atoms with van der Waals surface area (Å²) in [6.45, 7) is 0. The van der Waals surface area contributed by atoms with Crippen molar-refractivity contribution in [1.82, 2.24) is 0 Å². The standard InChI is InChI=1S/C22H22ClNO/c1-24(2)20-10-7-16(8-11-20)13-17-9-12-22(25-3)21(14-17)18-5-4-6-19(23)15-18/h4-12,14-15H,13H2,1-3H3. The van der Waals surface area contributed by atoms with Crippen molar-refractivity contribution >= 4 is 17.3 Å². The number of hydrogen-bond donors (Lipinski definition) is 0. The Balaban J connectivity index is 1.91. The number of nitrogens with zero attached hydrogens (tertiary/aromatic N) is 1. The van der Waals surface area contributed by atoms with Gasteiger partial charge >= 0.3 is 0 Å². The zero-order valence-corrected chi connectivity index (χ0v) is 15.5. The van der Waals surface area contributed by atoms with E-state index in [9.17, 15) is 0 Å². The zero-order valence-electron chi connectivity index (χ0n) is 14.8. The van der Waals surface area contributed by atoms with Gasteiger partial charge in [0.1, 0.15) is 5.75 Å². The Labute approximate surface area is 154 Å². The Hall–Kier alpha value is -2.45. The molecule has 0 aliphatic heterocycles. The molecule has 3 aromatic carbocycles. The molecule has 0 amide bonds. The van der Waals surface area contributed by atoms with Gasteiger partial charge in [-0.2, -0.15) is 0 Å². The van der Waals surface area contributed by atoms with E-state index in [4.69, 9.17) is 16.3 Å². The summed E-state index contributed by atoms with van der Waals surface area (Å²) >= 11 is 6.16. The van der Waals surface area contributed by atoms with E-state index in [1.807, 2.05) is 24.3 Å². The fraction of sp³-hybridized carbons (Fsp3) is 0.182. The van der Waals surface area contributed by atoms with Crippen LogP contribution in [0.5, 0.6) is 5.75 Å². The highest BCUT2D eigenvalue weighted by Crippen LogP contribution is 2.33. The molecule has 3 heteroatoms. The van der Waals surface area contributed by atoms with Gasteiger partial charge in [-0.05, 0) is 59.5 Å². The first-order valence-electron chi connectivity index (χ1n) is 8.26. The molecule has 0 saturated carbocycles. The van der Waals surface area contributed by atoms with E-state index in [2.05, 4.69) is 61.5 Å². The van der Waals surface area contributed by atoms with E-state index in [0.29, 0.717) is 0 Å². The van der Waals surface area contributed by atoms with Crippen LogP contribution in [0, 0.1) is 0 Å². The fourth-order valence-electron chi connectivity index (χ4n) is 2.89. The van der Waals surface area contributed by atoms with Gasteiger partial charge in [-0.15, -0.1) is 0 Å². The number of anilines is 1. The van der Waals surface area contributed by atoms with Gasteiger partial charge in [0.15, 0.2) is 0 Å². The first-order chi connectivity index (χ1) is 12.1. The molecule has 0 aliphatic carbocycles. The topological polar surface area (TPSA) is 12.5 Å². The molecule has 2 nitrogen and oxygen atoms in total. The molecule has 25 heavy (non-hydrogen) atoms. The SMILES string of the molecule is COc1ccc(Cc2ccc(N(C)C)cc2)cc1-c1cccc(Cl)c1. The van der Waals surface area contributed by atoms with Crippen LogP contribution in [0.1, 0.15) is 11.1 Å². The van der Waals surface area contributed by atoms with Crippen LogP contribution in [0.2, 0.25) is 5.02 Å². The van der Waals surface area contributed by atoms with Crippen molar-refractivity contribution in [2.45, 2.75) is 6.42 Å².